The summed E-state index contributed by atoms with van der Waals surface area (Å²) in [5.41, 5.74) is 5.52. The van der Waals surface area contributed by atoms with Gasteiger partial charge in [0.15, 0.2) is 11.4 Å². The molecule has 0 aliphatic heterocycles. The van der Waals surface area contributed by atoms with Gasteiger partial charge in [0, 0.05) is 18.0 Å². The van der Waals surface area contributed by atoms with Gasteiger partial charge < -0.3 is 4.57 Å². The lowest BCUT2D eigenvalue weighted by atomic mass is 10.0. The molecule has 6 heteroatoms. The minimum absolute atomic E-state index is 0.0420. The lowest BCUT2D eigenvalue weighted by molar-refractivity contribution is 0.102. The van der Waals surface area contributed by atoms with E-state index in [-0.39, 0.29) is 11.5 Å². The number of carbonyl (C=O) groups is 1. The molecule has 2 heterocycles. The molecule has 0 saturated carbocycles. The van der Waals surface area contributed by atoms with Gasteiger partial charge in [0.1, 0.15) is 5.52 Å². The second-order valence-corrected chi connectivity index (χ2v) is 7.94. The minimum atomic E-state index is 0.0420. The van der Waals surface area contributed by atoms with E-state index in [0.717, 1.165) is 33.2 Å². The molecule has 0 aliphatic carbocycles. The van der Waals surface area contributed by atoms with E-state index < -0.39 is 0 Å². The summed E-state index contributed by atoms with van der Waals surface area (Å²) in [6.45, 7) is 0. The van der Waals surface area contributed by atoms with Crippen LogP contribution in [0.5, 0.6) is 0 Å². The fraction of sp³-hybridized carbons (Fsp3) is 0.0833. The van der Waals surface area contributed by atoms with Crippen LogP contribution in [0.4, 0.5) is 0 Å². The molecule has 0 unspecified atom stereocenters. The number of hydrogen-bond acceptors (Lipinski definition) is 5. The monoisotopic (exact) mass is 410 g/mol. The second kappa shape index (κ2) is 7.72. The van der Waals surface area contributed by atoms with Crippen molar-refractivity contribution in [3.05, 3.63) is 84.4 Å². The summed E-state index contributed by atoms with van der Waals surface area (Å²) >= 11 is 1.31. The van der Waals surface area contributed by atoms with Crippen molar-refractivity contribution in [2.24, 2.45) is 7.05 Å². The molecule has 0 radical (unpaired) electrons. The second-order valence-electron chi connectivity index (χ2n) is 7.00. The number of thioether (sulfide) groups is 1. The van der Waals surface area contributed by atoms with Gasteiger partial charge in [-0.25, -0.2) is 4.98 Å². The molecule has 0 aliphatic rings. The van der Waals surface area contributed by atoms with Gasteiger partial charge in [-0.05, 0) is 17.2 Å². The van der Waals surface area contributed by atoms with E-state index in [1.54, 1.807) is 0 Å². The van der Waals surface area contributed by atoms with Crippen LogP contribution in [0, 0.1) is 0 Å². The zero-order valence-corrected chi connectivity index (χ0v) is 17.1. The van der Waals surface area contributed by atoms with Crippen molar-refractivity contribution in [1.29, 1.82) is 0 Å². The van der Waals surface area contributed by atoms with Crippen molar-refractivity contribution in [1.82, 2.24) is 19.7 Å². The zero-order chi connectivity index (χ0) is 20.5. The molecule has 2 aromatic heterocycles. The molecule has 0 amide bonds. The highest BCUT2D eigenvalue weighted by Crippen LogP contribution is 2.26. The molecule has 0 spiro atoms. The van der Waals surface area contributed by atoms with Crippen LogP contribution in [0.1, 0.15) is 10.4 Å². The summed E-state index contributed by atoms with van der Waals surface area (Å²) in [5, 5.41) is 10.1. The highest BCUT2D eigenvalue weighted by Gasteiger charge is 2.14. The van der Waals surface area contributed by atoms with E-state index in [1.807, 2.05) is 78.3 Å². The number of aromatic nitrogens is 4. The van der Waals surface area contributed by atoms with Crippen molar-refractivity contribution < 1.29 is 4.79 Å². The lowest BCUT2D eigenvalue weighted by Gasteiger charge is -2.04. The molecule has 0 fully saturated rings. The van der Waals surface area contributed by atoms with Crippen LogP contribution in [-0.4, -0.2) is 31.3 Å². The van der Waals surface area contributed by atoms with E-state index in [1.165, 1.54) is 11.8 Å². The van der Waals surface area contributed by atoms with Crippen molar-refractivity contribution in [2.75, 3.05) is 5.75 Å². The third-order valence-electron chi connectivity index (χ3n) is 5.13. The number of Topliss-reactive ketones (excluding diaryl/α,β-unsaturated/α-hetero) is 1. The van der Waals surface area contributed by atoms with Gasteiger partial charge in [-0.1, -0.05) is 84.6 Å². The average molecular weight is 411 g/mol. The maximum absolute atomic E-state index is 12.6. The van der Waals surface area contributed by atoms with Gasteiger partial charge in [0.25, 0.3) is 0 Å². The Kier molecular flexibility index (Phi) is 4.77. The minimum Gasteiger partial charge on any atom is -0.327 e. The highest BCUT2D eigenvalue weighted by atomic mass is 32.2. The number of aryl methyl sites for hydroxylation is 1. The van der Waals surface area contributed by atoms with E-state index in [0.29, 0.717) is 10.7 Å². The fourth-order valence-corrected chi connectivity index (χ4v) is 4.22. The Morgan fingerprint density at radius 1 is 0.867 bits per heavy atom. The first kappa shape index (κ1) is 18.5. The molecule has 5 rings (SSSR count). The van der Waals surface area contributed by atoms with Crippen LogP contribution in [0.2, 0.25) is 0 Å². The molecule has 0 atom stereocenters. The third-order valence-corrected chi connectivity index (χ3v) is 5.97. The van der Waals surface area contributed by atoms with Crippen molar-refractivity contribution >= 4 is 39.6 Å². The average Bonchev–Trinajstić information content (AvgIpc) is 3.10. The molecule has 5 aromatic rings. The predicted octanol–water partition coefficient (Wildman–Crippen LogP) is 5.16. The molecule has 146 valence electrons. The molecule has 0 N–H and O–H groups in total. The van der Waals surface area contributed by atoms with Crippen LogP contribution in [0.3, 0.4) is 0 Å². The Morgan fingerprint density at radius 2 is 1.57 bits per heavy atom. The molecule has 0 saturated heterocycles. The summed E-state index contributed by atoms with van der Waals surface area (Å²) in [5.74, 6) is 0.308. The van der Waals surface area contributed by atoms with Crippen LogP contribution in [0.15, 0.2) is 84.0 Å². The molecule has 5 nitrogen and oxygen atoms in total. The quantitative estimate of drug-likeness (QED) is 0.296. The van der Waals surface area contributed by atoms with Gasteiger partial charge in [-0.15, -0.1) is 10.2 Å². The van der Waals surface area contributed by atoms with E-state index >= 15 is 0 Å². The maximum atomic E-state index is 12.6. The first-order chi connectivity index (χ1) is 14.7. The molecule has 3 aromatic carbocycles. The lowest BCUT2D eigenvalue weighted by Crippen LogP contribution is -2.04. The Hall–Kier alpha value is -3.51. The topological polar surface area (TPSA) is 60.7 Å². The zero-order valence-electron chi connectivity index (χ0n) is 16.3. The molecule has 30 heavy (non-hydrogen) atoms. The van der Waals surface area contributed by atoms with Gasteiger partial charge in [0.05, 0.1) is 11.3 Å². The molecular formula is C24H18N4OS. The maximum Gasteiger partial charge on any atom is 0.211 e. The van der Waals surface area contributed by atoms with E-state index in [4.69, 9.17) is 0 Å². The Bertz CT molecular complexity index is 1360. The number of hydrogen-bond donors (Lipinski definition) is 0. The van der Waals surface area contributed by atoms with Crippen LogP contribution in [-0.2, 0) is 7.05 Å². The third kappa shape index (κ3) is 3.35. The Morgan fingerprint density at radius 3 is 2.37 bits per heavy atom. The Balaban J connectivity index is 1.33. The van der Waals surface area contributed by atoms with Crippen LogP contribution < -0.4 is 0 Å². The number of carbonyl (C=O) groups excluding carboxylic acids is 1. The standard InChI is InChI=1S/C24H18N4OS/c1-28-20-10-6-5-9-19(20)22-23(28)25-24(27-26-22)30-15-21(29)18-13-11-17(12-14-18)16-7-3-2-4-8-16/h2-14H,15H2,1H3. The number of rotatable bonds is 5. The number of para-hydroxylation sites is 1. The van der Waals surface area contributed by atoms with Gasteiger partial charge in [-0.2, -0.15) is 0 Å². The summed E-state index contributed by atoms with van der Waals surface area (Å²) in [6.07, 6.45) is 0. The fourth-order valence-electron chi connectivity index (χ4n) is 3.55. The van der Waals surface area contributed by atoms with Crippen LogP contribution >= 0.6 is 11.8 Å². The number of ketones is 1. The van der Waals surface area contributed by atoms with E-state index in [9.17, 15) is 4.79 Å². The van der Waals surface area contributed by atoms with Gasteiger partial charge in [-0.3, -0.25) is 4.79 Å². The SMILES string of the molecule is Cn1c2ccccc2c2nnc(SCC(=O)c3ccc(-c4ccccc4)cc3)nc21. The normalized spacial score (nSPS) is 11.2. The predicted molar refractivity (Wildman–Crippen MR) is 121 cm³/mol. The van der Waals surface area contributed by atoms with Crippen molar-refractivity contribution in [3.63, 3.8) is 0 Å². The molecule has 0 bridgehead atoms. The number of nitrogens with zero attached hydrogens (tertiary/aromatic N) is 4. The first-order valence-electron chi connectivity index (χ1n) is 9.60. The summed E-state index contributed by atoms with van der Waals surface area (Å²) in [6, 6.07) is 25.8. The highest BCUT2D eigenvalue weighted by molar-refractivity contribution is 7.99. The first-order valence-corrected chi connectivity index (χ1v) is 10.6. The number of benzene rings is 3. The molecular weight excluding hydrogens is 392 g/mol. The Labute approximate surface area is 177 Å². The van der Waals surface area contributed by atoms with Crippen molar-refractivity contribution in [2.45, 2.75) is 5.16 Å². The summed E-state index contributed by atoms with van der Waals surface area (Å²) in [4.78, 5) is 17.3. The summed E-state index contributed by atoms with van der Waals surface area (Å²) < 4.78 is 2.01. The largest absolute Gasteiger partial charge is 0.327 e. The number of fused-ring (bicyclic) bond motifs is 3. The van der Waals surface area contributed by atoms with Gasteiger partial charge in [0.2, 0.25) is 5.16 Å². The summed E-state index contributed by atoms with van der Waals surface area (Å²) in [7, 11) is 1.97. The smallest absolute Gasteiger partial charge is 0.211 e. The van der Waals surface area contributed by atoms with Gasteiger partial charge >= 0.3 is 0 Å². The van der Waals surface area contributed by atoms with Crippen molar-refractivity contribution in [3.8, 4) is 11.1 Å². The van der Waals surface area contributed by atoms with E-state index in [2.05, 4.69) is 27.3 Å². The van der Waals surface area contributed by atoms with Crippen LogP contribution in [0.25, 0.3) is 33.2 Å².